The van der Waals surface area contributed by atoms with Gasteiger partial charge in [-0.25, -0.2) is 0 Å². The highest BCUT2D eigenvalue weighted by Crippen LogP contribution is 2.17. The summed E-state index contributed by atoms with van der Waals surface area (Å²) in [6.07, 6.45) is 3.28. The topological polar surface area (TPSA) is 80.3 Å². The van der Waals surface area contributed by atoms with E-state index in [1.807, 2.05) is 36.4 Å². The first-order chi connectivity index (χ1) is 13.2. The first kappa shape index (κ1) is 18.1. The van der Waals surface area contributed by atoms with Crippen LogP contribution in [0.3, 0.4) is 0 Å². The van der Waals surface area contributed by atoms with E-state index >= 15 is 0 Å². The monoisotopic (exact) mass is 361 g/mol. The van der Waals surface area contributed by atoms with Gasteiger partial charge in [0.05, 0.1) is 0 Å². The first-order valence-corrected chi connectivity index (χ1v) is 8.45. The van der Waals surface area contributed by atoms with Crippen LogP contribution in [0.5, 0.6) is 5.75 Å². The molecule has 136 valence electrons. The number of pyridine rings is 1. The molecule has 1 heterocycles. The van der Waals surface area contributed by atoms with Crippen LogP contribution < -0.4 is 15.4 Å². The molecule has 0 aliphatic heterocycles. The van der Waals surface area contributed by atoms with Crippen molar-refractivity contribution in [3.8, 4) is 5.75 Å². The Morgan fingerprint density at radius 1 is 0.852 bits per heavy atom. The predicted molar refractivity (Wildman–Crippen MR) is 102 cm³/mol. The zero-order chi connectivity index (χ0) is 18.9. The molecule has 0 aliphatic rings. The van der Waals surface area contributed by atoms with Crippen molar-refractivity contribution in [1.29, 1.82) is 0 Å². The van der Waals surface area contributed by atoms with Gasteiger partial charge in [0, 0.05) is 24.6 Å². The number of carbonyl (C=O) groups is 2. The Balaban J connectivity index is 1.47. The molecule has 2 amide bonds. The molecule has 0 bridgehead atoms. The van der Waals surface area contributed by atoms with Gasteiger partial charge in [-0.3, -0.25) is 14.6 Å². The van der Waals surface area contributed by atoms with Crippen LogP contribution in [0.15, 0.2) is 79.1 Å². The van der Waals surface area contributed by atoms with Crippen LogP contribution in [0, 0.1) is 0 Å². The number of anilines is 1. The quantitative estimate of drug-likeness (QED) is 0.662. The Morgan fingerprint density at radius 3 is 2.30 bits per heavy atom. The number of rotatable bonds is 6. The molecule has 0 saturated carbocycles. The highest BCUT2D eigenvalue weighted by Gasteiger charge is 2.13. The standard InChI is InChI=1S/C21H19N3O3/c25-20(23-14-17-7-4-12-22-13-17)21(26)24-18-8-10-19(11-9-18)27-15-16-5-2-1-3-6-16/h1-13H,14-15H2,(H,23,25)(H,24,26). The molecule has 3 rings (SSSR count). The van der Waals surface area contributed by atoms with Crippen molar-refractivity contribution < 1.29 is 14.3 Å². The average Bonchev–Trinajstić information content (AvgIpc) is 2.73. The lowest BCUT2D eigenvalue weighted by Crippen LogP contribution is -2.34. The Morgan fingerprint density at radius 2 is 1.59 bits per heavy atom. The van der Waals surface area contributed by atoms with E-state index in [0.29, 0.717) is 18.0 Å². The summed E-state index contributed by atoms with van der Waals surface area (Å²) in [5.41, 5.74) is 2.40. The molecule has 1 aromatic heterocycles. The van der Waals surface area contributed by atoms with Gasteiger partial charge in [0.2, 0.25) is 0 Å². The number of amides is 2. The fourth-order valence-corrected chi connectivity index (χ4v) is 2.33. The van der Waals surface area contributed by atoms with Gasteiger partial charge in [0.1, 0.15) is 12.4 Å². The van der Waals surface area contributed by atoms with Crippen LogP contribution in [-0.4, -0.2) is 16.8 Å². The number of carbonyl (C=O) groups excluding carboxylic acids is 2. The lowest BCUT2D eigenvalue weighted by molar-refractivity contribution is -0.136. The molecule has 2 aromatic carbocycles. The highest BCUT2D eigenvalue weighted by molar-refractivity contribution is 6.39. The number of nitrogens with one attached hydrogen (secondary N) is 2. The summed E-state index contributed by atoms with van der Waals surface area (Å²) in [6.45, 7) is 0.704. The van der Waals surface area contributed by atoms with Crippen LogP contribution in [-0.2, 0) is 22.7 Å². The van der Waals surface area contributed by atoms with Crippen LogP contribution in [0.25, 0.3) is 0 Å². The smallest absolute Gasteiger partial charge is 0.313 e. The molecule has 6 heteroatoms. The lowest BCUT2D eigenvalue weighted by Gasteiger charge is -2.09. The SMILES string of the molecule is O=C(NCc1cccnc1)C(=O)Nc1ccc(OCc2ccccc2)cc1. The summed E-state index contributed by atoms with van der Waals surface area (Å²) < 4.78 is 5.69. The molecule has 0 atom stereocenters. The number of hydrogen-bond donors (Lipinski definition) is 2. The second kappa shape index (κ2) is 9.15. The summed E-state index contributed by atoms with van der Waals surface area (Å²) in [7, 11) is 0. The molecule has 0 spiro atoms. The van der Waals surface area contributed by atoms with E-state index in [-0.39, 0.29) is 6.54 Å². The fraction of sp³-hybridized carbons (Fsp3) is 0.0952. The molecule has 0 unspecified atom stereocenters. The maximum absolute atomic E-state index is 12.0. The van der Waals surface area contributed by atoms with Crippen LogP contribution >= 0.6 is 0 Å². The largest absolute Gasteiger partial charge is 0.489 e. The van der Waals surface area contributed by atoms with E-state index in [4.69, 9.17) is 4.74 Å². The third-order valence-corrected chi connectivity index (χ3v) is 3.74. The van der Waals surface area contributed by atoms with E-state index in [0.717, 1.165) is 11.1 Å². The van der Waals surface area contributed by atoms with Crippen molar-refractivity contribution in [3.05, 3.63) is 90.3 Å². The fourth-order valence-electron chi connectivity index (χ4n) is 2.33. The summed E-state index contributed by atoms with van der Waals surface area (Å²) in [5, 5.41) is 5.11. The van der Waals surface area contributed by atoms with Crippen molar-refractivity contribution in [3.63, 3.8) is 0 Å². The zero-order valence-corrected chi connectivity index (χ0v) is 14.6. The van der Waals surface area contributed by atoms with Gasteiger partial charge in [-0.1, -0.05) is 36.4 Å². The van der Waals surface area contributed by atoms with Crippen LogP contribution in [0.4, 0.5) is 5.69 Å². The van der Waals surface area contributed by atoms with Gasteiger partial charge < -0.3 is 15.4 Å². The van der Waals surface area contributed by atoms with E-state index in [1.54, 1.807) is 42.7 Å². The van der Waals surface area contributed by atoms with E-state index in [9.17, 15) is 9.59 Å². The number of aromatic nitrogens is 1. The first-order valence-electron chi connectivity index (χ1n) is 8.45. The molecular formula is C21H19N3O3. The Hall–Kier alpha value is -3.67. The number of benzene rings is 2. The molecule has 2 N–H and O–H groups in total. The number of hydrogen-bond acceptors (Lipinski definition) is 4. The van der Waals surface area contributed by atoms with Crippen molar-refractivity contribution in [1.82, 2.24) is 10.3 Å². The minimum absolute atomic E-state index is 0.242. The van der Waals surface area contributed by atoms with E-state index in [2.05, 4.69) is 15.6 Å². The van der Waals surface area contributed by atoms with E-state index in [1.165, 1.54) is 0 Å². The van der Waals surface area contributed by atoms with Crippen molar-refractivity contribution in [2.45, 2.75) is 13.2 Å². The number of ether oxygens (including phenoxy) is 1. The van der Waals surface area contributed by atoms with Gasteiger partial charge in [-0.15, -0.1) is 0 Å². The third-order valence-electron chi connectivity index (χ3n) is 3.74. The zero-order valence-electron chi connectivity index (χ0n) is 14.6. The molecule has 0 fully saturated rings. The molecule has 0 radical (unpaired) electrons. The van der Waals surface area contributed by atoms with Gasteiger partial charge in [-0.05, 0) is 41.5 Å². The third kappa shape index (κ3) is 5.67. The van der Waals surface area contributed by atoms with E-state index < -0.39 is 11.8 Å². The Labute approximate surface area is 157 Å². The molecule has 27 heavy (non-hydrogen) atoms. The van der Waals surface area contributed by atoms with Gasteiger partial charge in [0.25, 0.3) is 0 Å². The molecular weight excluding hydrogens is 342 g/mol. The molecule has 6 nitrogen and oxygen atoms in total. The molecule has 3 aromatic rings. The van der Waals surface area contributed by atoms with Gasteiger partial charge in [-0.2, -0.15) is 0 Å². The lowest BCUT2D eigenvalue weighted by atomic mass is 10.2. The van der Waals surface area contributed by atoms with Gasteiger partial charge >= 0.3 is 11.8 Å². The molecule has 0 saturated heterocycles. The Kier molecular flexibility index (Phi) is 6.14. The van der Waals surface area contributed by atoms with Gasteiger partial charge in [0.15, 0.2) is 0 Å². The Bertz CT molecular complexity index is 882. The average molecular weight is 361 g/mol. The minimum Gasteiger partial charge on any atom is -0.489 e. The number of nitrogens with zero attached hydrogens (tertiary/aromatic N) is 1. The van der Waals surface area contributed by atoms with Crippen LogP contribution in [0.2, 0.25) is 0 Å². The van der Waals surface area contributed by atoms with Crippen molar-refractivity contribution >= 4 is 17.5 Å². The second-order valence-corrected chi connectivity index (χ2v) is 5.80. The van der Waals surface area contributed by atoms with Crippen LogP contribution in [0.1, 0.15) is 11.1 Å². The summed E-state index contributed by atoms with van der Waals surface area (Å²) in [5.74, 6) is -0.752. The summed E-state index contributed by atoms with van der Waals surface area (Å²) in [6, 6.07) is 20.3. The van der Waals surface area contributed by atoms with Crippen molar-refractivity contribution in [2.24, 2.45) is 0 Å². The predicted octanol–water partition coefficient (Wildman–Crippen LogP) is 2.92. The molecule has 0 aliphatic carbocycles. The second-order valence-electron chi connectivity index (χ2n) is 5.80. The maximum atomic E-state index is 12.0. The maximum Gasteiger partial charge on any atom is 0.313 e. The minimum atomic E-state index is -0.725. The summed E-state index contributed by atoms with van der Waals surface area (Å²) >= 11 is 0. The summed E-state index contributed by atoms with van der Waals surface area (Å²) in [4.78, 5) is 27.8. The normalized spacial score (nSPS) is 10.1. The highest BCUT2D eigenvalue weighted by atomic mass is 16.5. The van der Waals surface area contributed by atoms with Crippen molar-refractivity contribution in [2.75, 3.05) is 5.32 Å².